The van der Waals surface area contributed by atoms with Gasteiger partial charge in [0.1, 0.15) is 6.10 Å². The largest absolute Gasteiger partial charge is 0.486 e. The molecule has 3 N–H and O–H groups in total. The number of allylic oxidation sites excluding steroid dienone is 2. The Labute approximate surface area is 153 Å². The highest BCUT2D eigenvalue weighted by atomic mass is 16.5. The van der Waals surface area contributed by atoms with Crippen molar-refractivity contribution in [2.75, 3.05) is 0 Å². The van der Waals surface area contributed by atoms with Crippen LogP contribution in [0.15, 0.2) is 24.0 Å². The predicted octanol–water partition coefficient (Wildman–Crippen LogP) is 2.20. The van der Waals surface area contributed by atoms with Crippen molar-refractivity contribution in [3.05, 3.63) is 24.0 Å². The first kappa shape index (κ1) is 19.1. The third-order valence-electron chi connectivity index (χ3n) is 5.90. The predicted molar refractivity (Wildman–Crippen MR) is 94.2 cm³/mol. The van der Waals surface area contributed by atoms with Gasteiger partial charge < -0.3 is 20.1 Å². The number of carbonyl (C=O) groups excluding carboxylic acids is 1. The van der Waals surface area contributed by atoms with E-state index in [1.165, 1.54) is 0 Å². The first-order valence-corrected chi connectivity index (χ1v) is 9.64. The second-order valence-electron chi connectivity index (χ2n) is 7.70. The van der Waals surface area contributed by atoms with Crippen LogP contribution in [-0.2, 0) is 14.3 Å². The number of carboxylic acids is 1. The summed E-state index contributed by atoms with van der Waals surface area (Å²) in [5.41, 5.74) is 0. The first-order valence-electron chi connectivity index (χ1n) is 9.64. The van der Waals surface area contributed by atoms with Crippen LogP contribution in [0.4, 0.5) is 0 Å². The molecule has 0 bridgehead atoms. The molecule has 0 aromatic rings. The Kier molecular flexibility index (Phi) is 6.14. The van der Waals surface area contributed by atoms with Gasteiger partial charge in [0.2, 0.25) is 5.78 Å². The lowest BCUT2D eigenvalue weighted by atomic mass is 9.89. The van der Waals surface area contributed by atoms with Crippen LogP contribution in [0, 0.1) is 17.8 Å². The quantitative estimate of drug-likeness (QED) is 0.363. The number of aliphatic carboxylic acids is 1. The van der Waals surface area contributed by atoms with Crippen molar-refractivity contribution in [1.82, 2.24) is 0 Å². The Bertz CT molecular complexity index is 589. The minimum absolute atomic E-state index is 0.0635. The summed E-state index contributed by atoms with van der Waals surface area (Å²) in [6.45, 7) is 0. The van der Waals surface area contributed by atoms with Crippen LogP contribution in [0.2, 0.25) is 0 Å². The Morgan fingerprint density at radius 2 is 2.04 bits per heavy atom. The Morgan fingerprint density at radius 3 is 2.73 bits per heavy atom. The van der Waals surface area contributed by atoms with Crippen molar-refractivity contribution in [3.63, 3.8) is 0 Å². The van der Waals surface area contributed by atoms with E-state index in [9.17, 15) is 19.8 Å². The molecular weight excluding hydrogens is 336 g/mol. The summed E-state index contributed by atoms with van der Waals surface area (Å²) < 4.78 is 5.72. The van der Waals surface area contributed by atoms with Crippen LogP contribution in [0.25, 0.3) is 0 Å². The highest BCUT2D eigenvalue weighted by Crippen LogP contribution is 2.43. The molecule has 26 heavy (non-hydrogen) atoms. The standard InChI is InChI=1S/C20H28O6/c21-14(12-5-1-2-6-12)10-9-13-15(22)11-17-19(13)20(25)16(26-17)7-3-4-8-18(23)24/h7,9-10,12-15,17,19,21-22H,1-6,8,11H2,(H,23,24)/t13-,14+,15+,17-,19+/m0/s1. The molecule has 144 valence electrons. The van der Waals surface area contributed by atoms with E-state index in [1.54, 1.807) is 18.2 Å². The van der Waals surface area contributed by atoms with Crippen LogP contribution < -0.4 is 0 Å². The van der Waals surface area contributed by atoms with Crippen molar-refractivity contribution in [2.24, 2.45) is 17.8 Å². The van der Waals surface area contributed by atoms with Crippen molar-refractivity contribution in [1.29, 1.82) is 0 Å². The summed E-state index contributed by atoms with van der Waals surface area (Å²) in [4.78, 5) is 23.2. The summed E-state index contributed by atoms with van der Waals surface area (Å²) >= 11 is 0. The fourth-order valence-corrected chi connectivity index (χ4v) is 4.46. The van der Waals surface area contributed by atoms with E-state index in [4.69, 9.17) is 9.84 Å². The van der Waals surface area contributed by atoms with Crippen molar-refractivity contribution >= 4 is 11.8 Å². The number of fused-ring (bicyclic) bond motifs is 1. The Morgan fingerprint density at radius 1 is 1.31 bits per heavy atom. The summed E-state index contributed by atoms with van der Waals surface area (Å²) in [6.07, 6.45) is 9.47. The van der Waals surface area contributed by atoms with Crippen LogP contribution >= 0.6 is 0 Å². The lowest BCUT2D eigenvalue weighted by Gasteiger charge is -2.17. The van der Waals surface area contributed by atoms with Gasteiger partial charge in [0, 0.05) is 18.8 Å². The number of carbonyl (C=O) groups is 2. The number of aliphatic hydroxyl groups excluding tert-OH is 2. The number of carboxylic acid groups (broad SMARTS) is 1. The summed E-state index contributed by atoms with van der Waals surface area (Å²) in [5, 5.41) is 29.3. The third-order valence-corrected chi connectivity index (χ3v) is 5.90. The van der Waals surface area contributed by atoms with Gasteiger partial charge in [0.05, 0.1) is 18.1 Å². The lowest BCUT2D eigenvalue weighted by molar-refractivity contribution is -0.137. The van der Waals surface area contributed by atoms with Crippen LogP contribution in [0.1, 0.15) is 51.4 Å². The third kappa shape index (κ3) is 4.18. The van der Waals surface area contributed by atoms with E-state index in [-0.39, 0.29) is 30.1 Å². The van der Waals surface area contributed by atoms with Gasteiger partial charge in [0.25, 0.3) is 0 Å². The van der Waals surface area contributed by atoms with Gasteiger partial charge in [0.15, 0.2) is 5.76 Å². The molecule has 0 aromatic carbocycles. The molecule has 2 saturated carbocycles. The number of rotatable bonds is 7. The fraction of sp³-hybridized carbons (Fsp3) is 0.700. The number of Topliss-reactive ketones (excluding diaryl/α,β-unsaturated/α-hetero) is 1. The molecule has 0 amide bonds. The molecule has 3 rings (SSSR count). The number of unbranched alkanes of at least 4 members (excludes halogenated alkanes) is 1. The van der Waals surface area contributed by atoms with E-state index < -0.39 is 24.1 Å². The smallest absolute Gasteiger partial charge is 0.303 e. The van der Waals surface area contributed by atoms with E-state index in [0.29, 0.717) is 25.0 Å². The maximum Gasteiger partial charge on any atom is 0.303 e. The molecule has 6 heteroatoms. The van der Waals surface area contributed by atoms with Crippen molar-refractivity contribution in [2.45, 2.75) is 69.7 Å². The van der Waals surface area contributed by atoms with E-state index >= 15 is 0 Å². The Hall–Kier alpha value is -1.66. The molecule has 1 aliphatic heterocycles. The van der Waals surface area contributed by atoms with Gasteiger partial charge in [-0.15, -0.1) is 0 Å². The topological polar surface area (TPSA) is 104 Å². The normalized spacial score (nSPS) is 34.5. The number of ether oxygens (including phenoxy) is 1. The fourth-order valence-electron chi connectivity index (χ4n) is 4.46. The zero-order valence-corrected chi connectivity index (χ0v) is 14.9. The summed E-state index contributed by atoms with van der Waals surface area (Å²) in [7, 11) is 0. The summed E-state index contributed by atoms with van der Waals surface area (Å²) in [5.74, 6) is -1.15. The van der Waals surface area contributed by atoms with Gasteiger partial charge >= 0.3 is 5.97 Å². The molecule has 1 saturated heterocycles. The number of hydrogen-bond donors (Lipinski definition) is 3. The maximum atomic E-state index is 12.7. The molecule has 0 radical (unpaired) electrons. The van der Waals surface area contributed by atoms with Gasteiger partial charge in [-0.05, 0) is 37.7 Å². The summed E-state index contributed by atoms with van der Waals surface area (Å²) in [6, 6.07) is 0. The number of hydrogen-bond acceptors (Lipinski definition) is 5. The van der Waals surface area contributed by atoms with E-state index in [2.05, 4.69) is 0 Å². The van der Waals surface area contributed by atoms with Crippen molar-refractivity contribution < 1.29 is 29.6 Å². The second kappa shape index (κ2) is 8.35. The molecule has 1 heterocycles. The van der Waals surface area contributed by atoms with Crippen LogP contribution in [0.5, 0.6) is 0 Å². The molecule has 2 aliphatic carbocycles. The maximum absolute atomic E-state index is 12.7. The zero-order valence-electron chi connectivity index (χ0n) is 14.9. The van der Waals surface area contributed by atoms with Crippen molar-refractivity contribution in [3.8, 4) is 0 Å². The molecule has 0 spiro atoms. The average molecular weight is 364 g/mol. The molecule has 5 atom stereocenters. The SMILES string of the molecule is O=C(O)CCCC=C1O[C@H]2C[C@@H](O)[C@H](C=C[C@@H](O)C3CCCC3)[C@H]2C1=O. The number of aliphatic hydroxyl groups is 2. The van der Waals surface area contributed by atoms with Crippen LogP contribution in [0.3, 0.4) is 0 Å². The minimum atomic E-state index is -0.854. The molecule has 6 nitrogen and oxygen atoms in total. The minimum Gasteiger partial charge on any atom is -0.486 e. The molecule has 3 aliphatic rings. The first-order chi connectivity index (χ1) is 12.5. The monoisotopic (exact) mass is 364 g/mol. The molecule has 0 aromatic heterocycles. The number of ketones is 1. The molecular formula is C20H28O6. The van der Waals surface area contributed by atoms with Gasteiger partial charge in [-0.3, -0.25) is 9.59 Å². The van der Waals surface area contributed by atoms with Crippen LogP contribution in [-0.4, -0.2) is 45.4 Å². The van der Waals surface area contributed by atoms with E-state index in [0.717, 1.165) is 25.7 Å². The highest BCUT2D eigenvalue weighted by molar-refractivity contribution is 5.98. The Balaban J connectivity index is 1.61. The average Bonchev–Trinajstić information content (AvgIpc) is 3.28. The van der Waals surface area contributed by atoms with E-state index in [1.807, 2.05) is 0 Å². The zero-order chi connectivity index (χ0) is 18.7. The van der Waals surface area contributed by atoms with Gasteiger partial charge in [-0.2, -0.15) is 0 Å². The van der Waals surface area contributed by atoms with Gasteiger partial charge in [-0.1, -0.05) is 25.0 Å². The molecule has 0 unspecified atom stereocenters. The molecule has 3 fully saturated rings. The van der Waals surface area contributed by atoms with Gasteiger partial charge in [-0.25, -0.2) is 0 Å². The second-order valence-corrected chi connectivity index (χ2v) is 7.70. The highest BCUT2D eigenvalue weighted by Gasteiger charge is 2.52. The lowest BCUT2D eigenvalue weighted by Crippen LogP contribution is -2.24.